The van der Waals surface area contributed by atoms with E-state index in [2.05, 4.69) is 161 Å². The average molecular weight is 2340 g/mol. The summed E-state index contributed by atoms with van der Waals surface area (Å²) in [6, 6.07) is 104. The number of halogens is 23. The van der Waals surface area contributed by atoms with Gasteiger partial charge < -0.3 is 0 Å². The largest absolute Gasteiger partial charge is 0.416 e. The molecule has 0 N–H and O–H groups in total. The molecule has 0 saturated carbocycles. The first kappa shape index (κ1) is 96.1. The second-order valence-corrected chi connectivity index (χ2v) is 42.3. The van der Waals surface area contributed by atoms with E-state index in [0.717, 1.165) is 114 Å². The smallest absolute Gasteiger partial charge is 0.207 e. The molecule has 0 aliphatic rings. The van der Waals surface area contributed by atoms with Gasteiger partial charge in [-0.1, -0.05) is 48.5 Å². The third-order valence-electron chi connectivity index (χ3n) is 17.4. The SMILES string of the molecule is FC(F)(F)c1ccc([S+](c2ccc(I)cc2)c2ccc(C(F)(F)F)cc2)cc1.FC(F)(F)c1ccc([S+](c2ccccc2)c2ccc(I)cc2)cc1.FC(F)(F)c1cccc([S+](c2ccc(I)cc2)c2cccc(C(F)(F)F)c2)c1.Fc1ccc([S+](c2ccc(F)cc2)c2ccc(I)cc2)cc1.Fc1ccc([S+](c2ccccc2)c2ccc(I)cc2)cc1. The Hall–Kier alpha value is -7.56. The molecule has 15 rings (SSSR count). The minimum atomic E-state index is -4.54. The third kappa shape index (κ3) is 27.7. The van der Waals surface area contributed by atoms with Crippen LogP contribution in [0.4, 0.5) is 79.0 Å². The monoisotopic (exact) mass is 2340 g/mol. The fourth-order valence-electron chi connectivity index (χ4n) is 11.7. The molecule has 15 aromatic carbocycles. The van der Waals surface area contributed by atoms with Crippen molar-refractivity contribution < 1.29 is 79.0 Å². The van der Waals surface area contributed by atoms with Crippen LogP contribution >= 0.6 is 113 Å². The van der Waals surface area contributed by atoms with Crippen molar-refractivity contribution in [3.8, 4) is 0 Å². The molecule has 15 aromatic rings. The van der Waals surface area contributed by atoms with E-state index in [1.54, 1.807) is 60.7 Å². The summed E-state index contributed by atoms with van der Waals surface area (Å²) in [5, 5.41) is 0. The van der Waals surface area contributed by atoms with Crippen LogP contribution < -0.4 is 0 Å². The fourth-order valence-corrected chi connectivity index (χ4v) is 23.8. The quantitative estimate of drug-likeness (QED) is 0.0545. The van der Waals surface area contributed by atoms with E-state index in [4.69, 9.17) is 0 Å². The lowest BCUT2D eigenvalue weighted by Crippen LogP contribution is -2.11. The van der Waals surface area contributed by atoms with Crippen molar-refractivity contribution in [1.29, 1.82) is 0 Å². The Bertz CT molecular complexity index is 5580. The normalized spacial score (nSPS) is 12.2. The van der Waals surface area contributed by atoms with E-state index in [-0.39, 0.29) is 39.2 Å². The van der Waals surface area contributed by atoms with Gasteiger partial charge in [0.05, 0.1) is 82.3 Å². The Balaban J connectivity index is 0.000000150. The summed E-state index contributed by atoms with van der Waals surface area (Å²) in [7, 11) is -2.95. The van der Waals surface area contributed by atoms with Gasteiger partial charge in [-0.25, -0.2) is 13.2 Å². The highest BCUT2D eigenvalue weighted by molar-refractivity contribution is 14.1. The van der Waals surface area contributed by atoms with Crippen LogP contribution in [0.1, 0.15) is 27.8 Å². The molecular formula is C95H62F18I5S5+5. The summed E-state index contributed by atoms with van der Waals surface area (Å²) in [6.07, 6.45) is -22.3. The summed E-state index contributed by atoms with van der Waals surface area (Å²) < 4.78 is 240. The van der Waals surface area contributed by atoms with Gasteiger partial charge in [0.2, 0.25) is 0 Å². The van der Waals surface area contributed by atoms with Crippen molar-refractivity contribution in [1.82, 2.24) is 0 Å². The maximum atomic E-state index is 13.2. The summed E-state index contributed by atoms with van der Waals surface area (Å²) in [5.74, 6) is -0.707. The van der Waals surface area contributed by atoms with Gasteiger partial charge in [-0.05, 0) is 428 Å². The van der Waals surface area contributed by atoms with Crippen LogP contribution in [0.3, 0.4) is 0 Å². The molecule has 28 heteroatoms. The summed E-state index contributed by atoms with van der Waals surface area (Å²) >= 11 is 11.0. The molecule has 0 aromatic heterocycles. The van der Waals surface area contributed by atoms with E-state index in [1.807, 2.05) is 121 Å². The molecule has 0 aliphatic heterocycles. The van der Waals surface area contributed by atoms with Crippen molar-refractivity contribution in [2.24, 2.45) is 0 Å². The molecule has 0 saturated heterocycles. The predicted molar refractivity (Wildman–Crippen MR) is 496 cm³/mol. The Morgan fingerprint density at radius 2 is 0.293 bits per heavy atom. The minimum Gasteiger partial charge on any atom is -0.207 e. The molecule has 0 radical (unpaired) electrons. The summed E-state index contributed by atoms with van der Waals surface area (Å²) in [6.45, 7) is 0. The molecule has 0 heterocycles. The first-order chi connectivity index (χ1) is 58.4. The molecule has 0 fully saturated rings. The number of hydrogen-bond acceptors (Lipinski definition) is 0. The molecule has 123 heavy (non-hydrogen) atoms. The van der Waals surface area contributed by atoms with Gasteiger partial charge >= 0.3 is 30.9 Å². The lowest BCUT2D eigenvalue weighted by atomic mass is 10.2. The van der Waals surface area contributed by atoms with E-state index in [0.29, 0.717) is 24.5 Å². The van der Waals surface area contributed by atoms with E-state index >= 15 is 0 Å². The van der Waals surface area contributed by atoms with Gasteiger partial charge in [0.1, 0.15) is 17.5 Å². The zero-order valence-electron chi connectivity index (χ0n) is 63.0. The topological polar surface area (TPSA) is 0 Å². The summed E-state index contributed by atoms with van der Waals surface area (Å²) in [5.41, 5.74) is -3.82. The molecule has 0 aliphatic carbocycles. The highest BCUT2D eigenvalue weighted by Gasteiger charge is 2.41. The van der Waals surface area contributed by atoms with Crippen molar-refractivity contribution in [2.75, 3.05) is 0 Å². The van der Waals surface area contributed by atoms with Gasteiger partial charge in [0.25, 0.3) is 0 Å². The molecule has 0 bridgehead atoms. The zero-order chi connectivity index (χ0) is 88.4. The van der Waals surface area contributed by atoms with Crippen LogP contribution in [0.2, 0.25) is 0 Å². The third-order valence-corrected chi connectivity index (χ3v) is 32.1. The van der Waals surface area contributed by atoms with Crippen molar-refractivity contribution in [3.63, 3.8) is 0 Å². The Morgan fingerprint density at radius 3 is 0.472 bits per heavy atom. The number of alkyl halides is 15. The average Bonchev–Trinajstić information content (AvgIpc) is 0.800. The lowest BCUT2D eigenvalue weighted by molar-refractivity contribution is -0.138. The maximum Gasteiger partial charge on any atom is 0.416 e. The number of benzene rings is 15. The molecular weight excluding hydrogens is 2280 g/mol. The van der Waals surface area contributed by atoms with Gasteiger partial charge in [-0.3, -0.25) is 0 Å². The zero-order valence-corrected chi connectivity index (χ0v) is 77.9. The highest BCUT2D eigenvalue weighted by atomic mass is 127. The second kappa shape index (κ2) is 43.8. The van der Waals surface area contributed by atoms with Crippen LogP contribution in [0.25, 0.3) is 0 Å². The molecule has 2 atom stereocenters. The number of rotatable bonds is 15. The Kier molecular flexibility index (Phi) is 34.2. The first-order valence-corrected chi connectivity index (χ1v) is 47.7. The Labute approximate surface area is 781 Å². The molecule has 2 unspecified atom stereocenters. The maximum absolute atomic E-state index is 13.2. The van der Waals surface area contributed by atoms with Gasteiger partial charge in [-0.15, -0.1) is 0 Å². The number of hydrogen-bond donors (Lipinski definition) is 0. The van der Waals surface area contributed by atoms with Crippen LogP contribution in [-0.2, 0) is 85.4 Å². The Morgan fingerprint density at radius 1 is 0.146 bits per heavy atom. The molecule has 628 valence electrons. The highest BCUT2D eigenvalue weighted by Crippen LogP contribution is 2.43. The lowest BCUT2D eigenvalue weighted by Gasteiger charge is -2.12. The first-order valence-electron chi connectivity index (χ1n) is 36.2. The van der Waals surface area contributed by atoms with Crippen molar-refractivity contribution in [3.05, 3.63) is 439 Å². The van der Waals surface area contributed by atoms with E-state index < -0.39 is 91.4 Å². The standard InChI is InChI=1S/2C20H12F6IS.C19H13F3IS.C18H12F2IS.C18H13FIS/c21-19(22,23)13-1-7-16(8-2-13)28(18-11-5-15(27)6-12-18)17-9-3-14(4-10-17)20(24,25)26;21-19(22,23)13-3-1-5-17(11-13)28(16-9-7-15(27)8-10-16)18-6-2-4-14(12-18)20(24,25)26;20-19(21,22)14-6-10-17(11-7-14)24(16-4-2-1-3-5-16)18-12-8-15(23)9-13-18;19-13-1-7-16(8-2-13)22(17-9-3-14(20)4-10-17)18-11-5-15(21)6-12-18;19-14-6-10-17(11-7-14)21(16-4-2-1-3-5-16)18-12-8-15(20)9-13-18/h2*1-12H;1-13H;1-12H;1-13H/q5*+1. The summed E-state index contributed by atoms with van der Waals surface area (Å²) in [4.78, 5) is 13.0. The van der Waals surface area contributed by atoms with Crippen LogP contribution in [0.5, 0.6) is 0 Å². The second-order valence-electron chi connectivity index (χ2n) is 25.9. The fraction of sp³-hybridized carbons (Fsp3) is 0.0526. The van der Waals surface area contributed by atoms with E-state index in [9.17, 15) is 79.0 Å². The van der Waals surface area contributed by atoms with E-state index in [1.165, 1.54) is 98.3 Å². The van der Waals surface area contributed by atoms with Crippen LogP contribution in [-0.4, -0.2) is 0 Å². The van der Waals surface area contributed by atoms with Crippen molar-refractivity contribution >= 4 is 167 Å². The van der Waals surface area contributed by atoms with Crippen LogP contribution in [0.15, 0.2) is 450 Å². The molecule has 0 amide bonds. The minimum absolute atomic E-state index is 0.196. The molecule has 0 spiro atoms. The predicted octanol–water partition coefficient (Wildman–Crippen LogP) is 32.4. The van der Waals surface area contributed by atoms with Gasteiger partial charge in [0.15, 0.2) is 73.4 Å². The van der Waals surface area contributed by atoms with Gasteiger partial charge in [-0.2, -0.15) is 65.9 Å². The van der Waals surface area contributed by atoms with Gasteiger partial charge in [0, 0.05) is 30.0 Å². The van der Waals surface area contributed by atoms with Crippen molar-refractivity contribution in [2.45, 2.75) is 104 Å². The molecule has 0 nitrogen and oxygen atoms in total. The van der Waals surface area contributed by atoms with Crippen LogP contribution in [0, 0.1) is 35.3 Å².